The molecule has 0 aromatic heterocycles. The van der Waals surface area contributed by atoms with Gasteiger partial charge in [-0.3, -0.25) is 14.9 Å². The number of aliphatic carboxylic acids is 1. The molecule has 1 aliphatic heterocycles. The van der Waals surface area contributed by atoms with Gasteiger partial charge in [0.25, 0.3) is 0 Å². The Kier molecular flexibility index (Phi) is 6.95. The molecule has 1 rings (SSSR count). The van der Waals surface area contributed by atoms with E-state index >= 15 is 0 Å². The first-order valence-electron chi connectivity index (χ1n) is 7.31. The first-order chi connectivity index (χ1) is 9.45. The van der Waals surface area contributed by atoms with E-state index in [9.17, 15) is 9.59 Å². The van der Waals surface area contributed by atoms with Crippen LogP contribution in [0.4, 0.5) is 0 Å². The Morgan fingerprint density at radius 1 is 1.25 bits per heavy atom. The van der Waals surface area contributed by atoms with Crippen LogP contribution in [-0.4, -0.2) is 60.3 Å². The Morgan fingerprint density at radius 3 is 2.30 bits per heavy atom. The summed E-state index contributed by atoms with van der Waals surface area (Å²) in [6.45, 7) is 8.13. The first kappa shape index (κ1) is 16.9. The van der Waals surface area contributed by atoms with Crippen LogP contribution in [0.25, 0.3) is 0 Å². The number of hydrogen-bond acceptors (Lipinski definition) is 4. The summed E-state index contributed by atoms with van der Waals surface area (Å²) in [7, 11) is 0. The Bertz CT molecular complexity index is 327. The maximum atomic E-state index is 12.5. The van der Waals surface area contributed by atoms with Crippen molar-refractivity contribution < 1.29 is 19.4 Å². The molecule has 116 valence electrons. The van der Waals surface area contributed by atoms with Crippen molar-refractivity contribution in [3.63, 3.8) is 0 Å². The van der Waals surface area contributed by atoms with Crippen LogP contribution in [0.5, 0.6) is 0 Å². The van der Waals surface area contributed by atoms with Crippen LogP contribution in [0.15, 0.2) is 0 Å². The number of carbonyl (C=O) groups excluding carboxylic acids is 1. The third-order valence-corrected chi connectivity index (χ3v) is 3.44. The van der Waals surface area contributed by atoms with Crippen LogP contribution in [0.1, 0.15) is 33.6 Å². The lowest BCUT2D eigenvalue weighted by molar-refractivity contribution is -0.142. The largest absolute Gasteiger partial charge is 0.480 e. The van der Waals surface area contributed by atoms with Crippen molar-refractivity contribution in [3.05, 3.63) is 0 Å². The molecule has 0 aromatic rings. The molecule has 6 nitrogen and oxygen atoms in total. The lowest BCUT2D eigenvalue weighted by Crippen LogP contribution is -2.54. The van der Waals surface area contributed by atoms with Gasteiger partial charge < -0.3 is 14.7 Å². The molecular formula is C14H26N2O4. The molecule has 2 N–H and O–H groups in total. The monoisotopic (exact) mass is 286 g/mol. The summed E-state index contributed by atoms with van der Waals surface area (Å²) in [6.07, 6.45) is 1.10. The highest BCUT2D eigenvalue weighted by molar-refractivity contribution is 5.83. The number of amides is 1. The van der Waals surface area contributed by atoms with Gasteiger partial charge >= 0.3 is 5.97 Å². The third-order valence-electron chi connectivity index (χ3n) is 3.44. The summed E-state index contributed by atoms with van der Waals surface area (Å²) in [5.41, 5.74) is 0. The summed E-state index contributed by atoms with van der Waals surface area (Å²) < 4.78 is 5.24. The molecular weight excluding hydrogens is 260 g/mol. The minimum Gasteiger partial charge on any atom is -0.480 e. The van der Waals surface area contributed by atoms with E-state index in [1.165, 1.54) is 0 Å². The molecule has 2 atom stereocenters. The van der Waals surface area contributed by atoms with Crippen molar-refractivity contribution in [2.75, 3.05) is 26.3 Å². The number of carboxylic acids is 1. The summed E-state index contributed by atoms with van der Waals surface area (Å²) in [5, 5.41) is 12.1. The molecule has 0 aliphatic carbocycles. The minimum atomic E-state index is -0.906. The number of nitrogens with zero attached hydrogens (tertiary/aromatic N) is 1. The van der Waals surface area contributed by atoms with Crippen LogP contribution >= 0.6 is 0 Å². The third kappa shape index (κ3) is 5.09. The molecule has 20 heavy (non-hydrogen) atoms. The average Bonchev–Trinajstić information content (AvgIpc) is 2.42. The Labute approximate surface area is 120 Å². The molecule has 1 heterocycles. The van der Waals surface area contributed by atoms with Gasteiger partial charge in [0.2, 0.25) is 5.91 Å². The van der Waals surface area contributed by atoms with Crippen molar-refractivity contribution >= 4 is 11.9 Å². The quantitative estimate of drug-likeness (QED) is 0.721. The van der Waals surface area contributed by atoms with E-state index in [0.717, 1.165) is 0 Å². The first-order valence-corrected chi connectivity index (χ1v) is 7.31. The molecule has 1 fully saturated rings. The predicted octanol–water partition coefficient (Wildman–Crippen LogP) is 0.713. The van der Waals surface area contributed by atoms with E-state index in [1.807, 2.05) is 13.8 Å². The molecule has 1 saturated heterocycles. The number of carbonyl (C=O) groups is 2. The van der Waals surface area contributed by atoms with Gasteiger partial charge in [0, 0.05) is 13.1 Å². The van der Waals surface area contributed by atoms with Gasteiger partial charge in [0.15, 0.2) is 0 Å². The maximum absolute atomic E-state index is 12.5. The number of carboxylic acid groups (broad SMARTS) is 1. The SMILES string of the molecule is CCC(NC(CC(C)C)C(=O)N1CCOCC1)C(=O)O. The van der Waals surface area contributed by atoms with Crippen molar-refractivity contribution in [1.29, 1.82) is 0 Å². The highest BCUT2D eigenvalue weighted by Gasteiger charge is 2.29. The Hall–Kier alpha value is -1.14. The van der Waals surface area contributed by atoms with Crippen LogP contribution in [-0.2, 0) is 14.3 Å². The topological polar surface area (TPSA) is 78.9 Å². The summed E-state index contributed by atoms with van der Waals surface area (Å²) in [5.74, 6) is -0.596. The molecule has 0 saturated carbocycles. The van der Waals surface area contributed by atoms with Gasteiger partial charge in [0.05, 0.1) is 19.3 Å². The average molecular weight is 286 g/mol. The lowest BCUT2D eigenvalue weighted by Gasteiger charge is -2.32. The molecule has 1 aliphatic rings. The standard InChI is InChI=1S/C14H26N2O4/c1-4-11(14(18)19)15-12(9-10(2)3)13(17)16-5-7-20-8-6-16/h10-12,15H,4-9H2,1-3H3,(H,18,19). The van der Waals surface area contributed by atoms with Gasteiger partial charge in [-0.05, 0) is 18.8 Å². The van der Waals surface area contributed by atoms with Crippen LogP contribution in [0.3, 0.4) is 0 Å². The summed E-state index contributed by atoms with van der Waals surface area (Å²) in [4.78, 5) is 25.4. The van der Waals surface area contributed by atoms with Crippen LogP contribution in [0, 0.1) is 5.92 Å². The van der Waals surface area contributed by atoms with Crippen molar-refractivity contribution in [2.24, 2.45) is 5.92 Å². The van der Waals surface area contributed by atoms with Crippen molar-refractivity contribution in [1.82, 2.24) is 10.2 Å². The number of rotatable bonds is 7. The van der Waals surface area contributed by atoms with E-state index < -0.39 is 18.1 Å². The highest BCUT2D eigenvalue weighted by Crippen LogP contribution is 2.11. The van der Waals surface area contributed by atoms with Gasteiger partial charge in [-0.25, -0.2) is 0 Å². The molecule has 0 radical (unpaired) electrons. The second-order valence-corrected chi connectivity index (χ2v) is 5.59. The van der Waals surface area contributed by atoms with E-state index in [0.29, 0.717) is 45.1 Å². The second-order valence-electron chi connectivity index (χ2n) is 5.59. The predicted molar refractivity (Wildman–Crippen MR) is 75.5 cm³/mol. The van der Waals surface area contributed by atoms with Gasteiger partial charge in [-0.2, -0.15) is 0 Å². The Balaban J connectivity index is 2.71. The van der Waals surface area contributed by atoms with Gasteiger partial charge in [-0.1, -0.05) is 20.8 Å². The fourth-order valence-corrected chi connectivity index (χ4v) is 2.32. The zero-order valence-corrected chi connectivity index (χ0v) is 12.6. The van der Waals surface area contributed by atoms with Gasteiger partial charge in [0.1, 0.15) is 6.04 Å². The fourth-order valence-electron chi connectivity index (χ4n) is 2.32. The van der Waals surface area contributed by atoms with Crippen LogP contribution in [0.2, 0.25) is 0 Å². The van der Waals surface area contributed by atoms with Crippen molar-refractivity contribution in [3.8, 4) is 0 Å². The van der Waals surface area contributed by atoms with E-state index in [4.69, 9.17) is 9.84 Å². The zero-order chi connectivity index (χ0) is 15.1. The zero-order valence-electron chi connectivity index (χ0n) is 12.6. The minimum absolute atomic E-state index is 0.0123. The smallest absolute Gasteiger partial charge is 0.320 e. The maximum Gasteiger partial charge on any atom is 0.320 e. The molecule has 0 bridgehead atoms. The van der Waals surface area contributed by atoms with E-state index in [2.05, 4.69) is 5.32 Å². The normalized spacial score (nSPS) is 18.9. The molecule has 2 unspecified atom stereocenters. The lowest BCUT2D eigenvalue weighted by atomic mass is 10.0. The number of nitrogens with one attached hydrogen (secondary N) is 1. The second kappa shape index (κ2) is 8.21. The van der Waals surface area contributed by atoms with Gasteiger partial charge in [-0.15, -0.1) is 0 Å². The van der Waals surface area contributed by atoms with Crippen molar-refractivity contribution in [2.45, 2.75) is 45.7 Å². The molecule has 0 spiro atoms. The summed E-state index contributed by atoms with van der Waals surface area (Å²) in [6, 6.07) is -1.11. The molecule has 0 aromatic carbocycles. The number of ether oxygens (including phenoxy) is 1. The Morgan fingerprint density at radius 2 is 1.85 bits per heavy atom. The van der Waals surface area contributed by atoms with E-state index in [-0.39, 0.29) is 5.91 Å². The summed E-state index contributed by atoms with van der Waals surface area (Å²) >= 11 is 0. The number of hydrogen-bond donors (Lipinski definition) is 2. The molecule has 6 heteroatoms. The van der Waals surface area contributed by atoms with E-state index in [1.54, 1.807) is 11.8 Å². The van der Waals surface area contributed by atoms with Crippen LogP contribution < -0.4 is 5.32 Å². The fraction of sp³-hybridized carbons (Fsp3) is 0.857. The molecule has 1 amide bonds. The number of morpholine rings is 1. The highest BCUT2D eigenvalue weighted by atomic mass is 16.5.